The average molecular weight is 395 g/mol. The Balaban J connectivity index is 1.45. The second kappa shape index (κ2) is 9.01. The topological polar surface area (TPSA) is 64.1 Å². The summed E-state index contributed by atoms with van der Waals surface area (Å²) in [6.07, 6.45) is 3.38. The highest BCUT2D eigenvalue weighted by molar-refractivity contribution is 5.95. The van der Waals surface area contributed by atoms with Crippen LogP contribution in [-0.2, 0) is 6.54 Å². The summed E-state index contributed by atoms with van der Waals surface area (Å²) < 4.78 is 5.63. The minimum absolute atomic E-state index is 0.120. The highest BCUT2D eigenvalue weighted by atomic mass is 16.5. The van der Waals surface area contributed by atoms with Gasteiger partial charge in [-0.3, -0.25) is 4.79 Å². The van der Waals surface area contributed by atoms with Crippen molar-refractivity contribution in [3.05, 3.63) is 108 Å². The number of aromatic nitrogens is 2. The highest BCUT2D eigenvalue weighted by Crippen LogP contribution is 2.22. The molecule has 0 aliphatic rings. The Morgan fingerprint density at radius 3 is 2.37 bits per heavy atom. The van der Waals surface area contributed by atoms with E-state index in [9.17, 15) is 4.79 Å². The zero-order valence-electron chi connectivity index (χ0n) is 16.6. The van der Waals surface area contributed by atoms with Crippen molar-refractivity contribution in [1.29, 1.82) is 0 Å². The van der Waals surface area contributed by atoms with Gasteiger partial charge in [-0.15, -0.1) is 0 Å². The SMILES string of the molecule is Cc1ccccc1CNC(=O)c1cccc(-c2cnc(Oc3ccccc3)nc2)c1. The van der Waals surface area contributed by atoms with Gasteiger partial charge in [0.2, 0.25) is 0 Å². The van der Waals surface area contributed by atoms with Gasteiger partial charge < -0.3 is 10.1 Å². The molecule has 148 valence electrons. The standard InChI is InChI=1S/C25H21N3O2/c1-18-8-5-6-9-21(18)15-26-24(29)20-11-7-10-19(14-20)22-16-27-25(28-17-22)30-23-12-3-2-4-13-23/h2-14,16-17H,15H2,1H3,(H,26,29). The predicted molar refractivity (Wildman–Crippen MR) is 116 cm³/mol. The Hall–Kier alpha value is -3.99. The number of hydrogen-bond acceptors (Lipinski definition) is 4. The molecule has 0 radical (unpaired) electrons. The van der Waals surface area contributed by atoms with Gasteiger partial charge in [-0.25, -0.2) is 9.97 Å². The van der Waals surface area contributed by atoms with Crippen molar-refractivity contribution in [1.82, 2.24) is 15.3 Å². The number of carbonyl (C=O) groups excluding carboxylic acids is 1. The minimum Gasteiger partial charge on any atom is -0.424 e. The Labute approximate surface area is 175 Å². The van der Waals surface area contributed by atoms with Crippen LogP contribution in [0.1, 0.15) is 21.5 Å². The van der Waals surface area contributed by atoms with E-state index >= 15 is 0 Å². The Morgan fingerprint density at radius 2 is 1.60 bits per heavy atom. The second-order valence-corrected chi connectivity index (χ2v) is 6.86. The van der Waals surface area contributed by atoms with Crippen LogP contribution in [0.3, 0.4) is 0 Å². The molecule has 0 aliphatic carbocycles. The molecule has 0 bridgehead atoms. The monoisotopic (exact) mass is 395 g/mol. The summed E-state index contributed by atoms with van der Waals surface area (Å²) in [5.74, 6) is 0.558. The maximum Gasteiger partial charge on any atom is 0.321 e. The largest absolute Gasteiger partial charge is 0.424 e. The lowest BCUT2D eigenvalue weighted by molar-refractivity contribution is 0.0951. The molecule has 0 atom stereocenters. The van der Waals surface area contributed by atoms with Crippen molar-refractivity contribution in [3.63, 3.8) is 0 Å². The number of rotatable bonds is 6. The minimum atomic E-state index is -0.120. The second-order valence-electron chi connectivity index (χ2n) is 6.86. The molecule has 4 rings (SSSR count). The summed E-state index contributed by atoms with van der Waals surface area (Å²) in [6.45, 7) is 2.53. The predicted octanol–water partition coefficient (Wildman–Crippen LogP) is 5.17. The maximum atomic E-state index is 12.6. The lowest BCUT2D eigenvalue weighted by atomic mass is 10.1. The molecular formula is C25H21N3O2. The lowest BCUT2D eigenvalue weighted by Crippen LogP contribution is -2.23. The van der Waals surface area contributed by atoms with Gasteiger partial charge in [0, 0.05) is 30.1 Å². The van der Waals surface area contributed by atoms with Gasteiger partial charge in [-0.2, -0.15) is 0 Å². The molecule has 30 heavy (non-hydrogen) atoms. The Kier molecular flexibility index (Phi) is 5.80. The molecular weight excluding hydrogens is 374 g/mol. The van der Waals surface area contributed by atoms with Crippen molar-refractivity contribution in [2.75, 3.05) is 0 Å². The Morgan fingerprint density at radius 1 is 0.867 bits per heavy atom. The first kappa shape index (κ1) is 19.3. The van der Waals surface area contributed by atoms with E-state index in [0.717, 1.165) is 22.3 Å². The molecule has 3 aromatic carbocycles. The molecule has 1 amide bonds. The smallest absolute Gasteiger partial charge is 0.321 e. The van der Waals surface area contributed by atoms with Gasteiger partial charge in [-0.1, -0.05) is 54.6 Å². The zero-order chi connectivity index (χ0) is 20.8. The maximum absolute atomic E-state index is 12.6. The first-order chi connectivity index (χ1) is 14.7. The fraction of sp³-hybridized carbons (Fsp3) is 0.0800. The average Bonchev–Trinajstić information content (AvgIpc) is 2.80. The van der Waals surface area contributed by atoms with E-state index in [1.165, 1.54) is 0 Å². The molecule has 0 aliphatic heterocycles. The van der Waals surface area contributed by atoms with E-state index in [2.05, 4.69) is 15.3 Å². The van der Waals surface area contributed by atoms with Crippen molar-refractivity contribution in [2.45, 2.75) is 13.5 Å². The van der Waals surface area contributed by atoms with Gasteiger partial charge in [0.05, 0.1) is 0 Å². The molecule has 0 saturated heterocycles. The quantitative estimate of drug-likeness (QED) is 0.489. The lowest BCUT2D eigenvalue weighted by Gasteiger charge is -2.09. The van der Waals surface area contributed by atoms with Gasteiger partial charge >= 0.3 is 6.01 Å². The molecule has 0 saturated carbocycles. The Bertz CT molecular complexity index is 1140. The summed E-state index contributed by atoms with van der Waals surface area (Å²) >= 11 is 0. The number of nitrogens with zero attached hydrogens (tertiary/aromatic N) is 2. The van der Waals surface area contributed by atoms with Crippen LogP contribution in [0.4, 0.5) is 0 Å². The van der Waals surface area contributed by atoms with Crippen LogP contribution in [0.25, 0.3) is 11.1 Å². The van der Waals surface area contributed by atoms with Crippen molar-refractivity contribution < 1.29 is 9.53 Å². The van der Waals surface area contributed by atoms with E-state index in [1.54, 1.807) is 18.5 Å². The molecule has 5 heteroatoms. The number of nitrogens with one attached hydrogen (secondary N) is 1. The fourth-order valence-corrected chi connectivity index (χ4v) is 3.04. The van der Waals surface area contributed by atoms with Crippen LogP contribution < -0.4 is 10.1 Å². The highest BCUT2D eigenvalue weighted by Gasteiger charge is 2.09. The van der Waals surface area contributed by atoms with Crippen molar-refractivity contribution in [3.8, 4) is 22.9 Å². The van der Waals surface area contributed by atoms with E-state index in [-0.39, 0.29) is 11.9 Å². The number of benzene rings is 3. The van der Waals surface area contributed by atoms with E-state index in [4.69, 9.17) is 4.74 Å². The molecule has 0 spiro atoms. The summed E-state index contributed by atoms with van der Waals surface area (Å²) in [7, 11) is 0. The third-order valence-corrected chi connectivity index (χ3v) is 4.74. The molecule has 0 unspecified atom stereocenters. The van der Waals surface area contributed by atoms with Crippen LogP contribution in [0.2, 0.25) is 0 Å². The molecule has 1 N–H and O–H groups in total. The van der Waals surface area contributed by atoms with Gasteiger partial charge in [0.1, 0.15) is 5.75 Å². The normalized spacial score (nSPS) is 10.4. The fourth-order valence-electron chi connectivity index (χ4n) is 3.04. The summed E-state index contributed by atoms with van der Waals surface area (Å²) in [4.78, 5) is 21.2. The summed E-state index contributed by atoms with van der Waals surface area (Å²) in [5.41, 5.74) is 4.52. The van der Waals surface area contributed by atoms with E-state index < -0.39 is 0 Å². The third kappa shape index (κ3) is 4.70. The van der Waals surface area contributed by atoms with Gasteiger partial charge in [0.15, 0.2) is 0 Å². The van der Waals surface area contributed by atoms with Gasteiger partial charge in [0.25, 0.3) is 5.91 Å². The van der Waals surface area contributed by atoms with E-state index in [1.807, 2.05) is 79.7 Å². The molecule has 1 heterocycles. The molecule has 5 nitrogen and oxygen atoms in total. The van der Waals surface area contributed by atoms with Crippen LogP contribution >= 0.6 is 0 Å². The molecule has 0 fully saturated rings. The number of hydrogen-bond donors (Lipinski definition) is 1. The van der Waals surface area contributed by atoms with Crippen LogP contribution in [0, 0.1) is 6.92 Å². The summed E-state index contributed by atoms with van der Waals surface area (Å²) in [6, 6.07) is 25.1. The number of para-hydroxylation sites is 1. The molecule has 1 aromatic heterocycles. The first-order valence-electron chi connectivity index (χ1n) is 9.67. The number of aryl methyl sites for hydroxylation is 1. The number of carbonyl (C=O) groups is 1. The van der Waals surface area contributed by atoms with Crippen LogP contribution in [-0.4, -0.2) is 15.9 Å². The number of amides is 1. The molecule has 4 aromatic rings. The van der Waals surface area contributed by atoms with E-state index in [0.29, 0.717) is 17.9 Å². The third-order valence-electron chi connectivity index (χ3n) is 4.74. The van der Waals surface area contributed by atoms with Crippen molar-refractivity contribution >= 4 is 5.91 Å². The van der Waals surface area contributed by atoms with Crippen LogP contribution in [0.15, 0.2) is 91.3 Å². The number of ether oxygens (including phenoxy) is 1. The van der Waals surface area contributed by atoms with Gasteiger partial charge in [-0.05, 0) is 47.9 Å². The van der Waals surface area contributed by atoms with Crippen LogP contribution in [0.5, 0.6) is 11.8 Å². The van der Waals surface area contributed by atoms with Crippen molar-refractivity contribution in [2.24, 2.45) is 0 Å². The summed E-state index contributed by atoms with van der Waals surface area (Å²) in [5, 5.41) is 2.98. The first-order valence-corrected chi connectivity index (χ1v) is 9.67. The zero-order valence-corrected chi connectivity index (χ0v) is 16.6.